The van der Waals surface area contributed by atoms with Gasteiger partial charge in [-0.2, -0.15) is 5.26 Å². The van der Waals surface area contributed by atoms with Gasteiger partial charge < -0.3 is 10.1 Å². The molecule has 0 bridgehead atoms. The van der Waals surface area contributed by atoms with Gasteiger partial charge in [-0.3, -0.25) is 0 Å². The molecule has 0 saturated heterocycles. The summed E-state index contributed by atoms with van der Waals surface area (Å²) in [6.07, 6.45) is 0.939. The summed E-state index contributed by atoms with van der Waals surface area (Å²) in [6.45, 7) is 1.77. The number of nitrogens with zero attached hydrogens (tertiary/aromatic N) is 2. The fraction of sp³-hybridized carbons (Fsp3) is 0.286. The first-order valence-electron chi connectivity index (χ1n) is 6.05. The van der Waals surface area contributed by atoms with Crippen molar-refractivity contribution in [3.05, 3.63) is 46.4 Å². The summed E-state index contributed by atoms with van der Waals surface area (Å²) >= 11 is 1.62. The molecule has 0 fully saturated rings. The van der Waals surface area contributed by atoms with E-state index in [9.17, 15) is 0 Å². The lowest BCUT2D eigenvalue weighted by molar-refractivity contribution is 0.367. The van der Waals surface area contributed by atoms with Crippen LogP contribution in [-0.2, 0) is 13.0 Å². The highest BCUT2D eigenvalue weighted by Crippen LogP contribution is 2.13. The summed E-state index contributed by atoms with van der Waals surface area (Å²) in [7, 11) is 0. The molecular formula is C14H15N3OS. The predicted molar refractivity (Wildman–Crippen MR) is 75.1 cm³/mol. The molecule has 1 aromatic heterocycles. The third-order valence-corrected chi connectivity index (χ3v) is 3.21. The van der Waals surface area contributed by atoms with Crippen molar-refractivity contribution in [2.24, 2.45) is 0 Å². The van der Waals surface area contributed by atoms with Gasteiger partial charge in [0, 0.05) is 24.9 Å². The topological polar surface area (TPSA) is 57.9 Å². The number of nitrogens with one attached hydrogen (secondary N) is 1. The number of aromatic nitrogens is 1. The minimum atomic E-state index is 0.0840. The molecule has 0 spiro atoms. The van der Waals surface area contributed by atoms with Gasteiger partial charge in [0.15, 0.2) is 6.61 Å². The number of hydrogen-bond acceptors (Lipinski definition) is 5. The van der Waals surface area contributed by atoms with Gasteiger partial charge in [-0.05, 0) is 17.7 Å². The van der Waals surface area contributed by atoms with E-state index in [0.717, 1.165) is 36.5 Å². The Morgan fingerprint density at radius 1 is 1.42 bits per heavy atom. The molecule has 1 aromatic carbocycles. The molecule has 0 radical (unpaired) electrons. The van der Waals surface area contributed by atoms with Gasteiger partial charge in [-0.1, -0.05) is 12.1 Å². The van der Waals surface area contributed by atoms with Gasteiger partial charge in [0.2, 0.25) is 0 Å². The maximum absolute atomic E-state index is 8.47. The van der Waals surface area contributed by atoms with Crippen molar-refractivity contribution >= 4 is 11.3 Å². The van der Waals surface area contributed by atoms with Crippen LogP contribution in [-0.4, -0.2) is 18.1 Å². The van der Waals surface area contributed by atoms with Crippen molar-refractivity contribution in [2.45, 2.75) is 13.0 Å². The summed E-state index contributed by atoms with van der Waals surface area (Å²) in [5.41, 5.74) is 4.13. The first kappa shape index (κ1) is 13.5. The van der Waals surface area contributed by atoms with Crippen LogP contribution >= 0.6 is 11.3 Å². The summed E-state index contributed by atoms with van der Waals surface area (Å²) in [5.74, 6) is 0.736. The standard InChI is InChI=1S/C14H15N3OS/c15-5-7-18-14-3-1-2-12(8-14)9-16-6-4-13-10-19-11-17-13/h1-3,8,10-11,16H,4,6-7,9H2. The Labute approximate surface area is 116 Å². The lowest BCUT2D eigenvalue weighted by atomic mass is 10.2. The van der Waals surface area contributed by atoms with Crippen molar-refractivity contribution in [1.29, 1.82) is 5.26 Å². The normalized spacial score (nSPS) is 10.1. The monoisotopic (exact) mass is 273 g/mol. The number of benzene rings is 1. The average Bonchev–Trinajstić information content (AvgIpc) is 2.95. The minimum Gasteiger partial charge on any atom is -0.479 e. The van der Waals surface area contributed by atoms with Gasteiger partial charge in [-0.25, -0.2) is 4.98 Å². The SMILES string of the molecule is N#CCOc1cccc(CNCCc2cscn2)c1. The molecule has 0 saturated carbocycles. The molecule has 1 N–H and O–H groups in total. The van der Waals surface area contributed by atoms with Crippen LogP contribution < -0.4 is 10.1 Å². The summed E-state index contributed by atoms with van der Waals surface area (Å²) < 4.78 is 5.26. The first-order valence-corrected chi connectivity index (χ1v) is 6.99. The zero-order valence-corrected chi connectivity index (χ0v) is 11.3. The van der Waals surface area contributed by atoms with Crippen LogP contribution in [0.25, 0.3) is 0 Å². The molecule has 0 atom stereocenters. The molecule has 5 heteroatoms. The summed E-state index contributed by atoms with van der Waals surface area (Å²) in [6, 6.07) is 9.74. The Bertz CT molecular complexity index is 534. The van der Waals surface area contributed by atoms with E-state index in [1.54, 1.807) is 11.3 Å². The highest BCUT2D eigenvalue weighted by atomic mass is 32.1. The van der Waals surface area contributed by atoms with E-state index in [4.69, 9.17) is 10.00 Å². The van der Waals surface area contributed by atoms with Crippen molar-refractivity contribution in [3.8, 4) is 11.8 Å². The van der Waals surface area contributed by atoms with Crippen LogP contribution in [0, 0.1) is 11.3 Å². The van der Waals surface area contributed by atoms with Gasteiger partial charge in [-0.15, -0.1) is 11.3 Å². The fourth-order valence-electron chi connectivity index (χ4n) is 1.67. The van der Waals surface area contributed by atoms with E-state index < -0.39 is 0 Å². The molecule has 1 heterocycles. The number of hydrogen-bond donors (Lipinski definition) is 1. The molecule has 0 aliphatic carbocycles. The molecule has 0 aliphatic heterocycles. The Morgan fingerprint density at radius 2 is 2.37 bits per heavy atom. The Morgan fingerprint density at radius 3 is 3.16 bits per heavy atom. The van der Waals surface area contributed by atoms with Gasteiger partial charge in [0.05, 0.1) is 11.2 Å². The predicted octanol–water partition coefficient (Wildman–Crippen LogP) is 2.38. The minimum absolute atomic E-state index is 0.0840. The van der Waals surface area contributed by atoms with Crippen molar-refractivity contribution in [3.63, 3.8) is 0 Å². The second-order valence-electron chi connectivity index (χ2n) is 4.00. The molecule has 19 heavy (non-hydrogen) atoms. The smallest absolute Gasteiger partial charge is 0.174 e. The highest BCUT2D eigenvalue weighted by Gasteiger charge is 1.98. The second kappa shape index (κ2) is 7.52. The highest BCUT2D eigenvalue weighted by molar-refractivity contribution is 7.07. The molecule has 4 nitrogen and oxygen atoms in total. The molecule has 2 rings (SSSR count). The lowest BCUT2D eigenvalue weighted by Crippen LogP contribution is -2.16. The lowest BCUT2D eigenvalue weighted by Gasteiger charge is -2.06. The Balaban J connectivity index is 1.74. The maximum Gasteiger partial charge on any atom is 0.174 e. The van der Waals surface area contributed by atoms with Crippen molar-refractivity contribution < 1.29 is 4.74 Å². The van der Waals surface area contributed by atoms with E-state index in [2.05, 4.69) is 15.7 Å². The first-order chi connectivity index (χ1) is 9.38. The molecular weight excluding hydrogens is 258 g/mol. The largest absolute Gasteiger partial charge is 0.479 e. The van der Waals surface area contributed by atoms with Crippen LogP contribution in [0.5, 0.6) is 5.75 Å². The zero-order valence-electron chi connectivity index (χ0n) is 10.5. The Kier molecular flexibility index (Phi) is 5.35. The van der Waals surface area contributed by atoms with Gasteiger partial charge >= 0.3 is 0 Å². The molecule has 98 valence electrons. The summed E-state index contributed by atoms with van der Waals surface area (Å²) in [5, 5.41) is 13.9. The average molecular weight is 273 g/mol. The van der Waals surface area contributed by atoms with E-state index in [1.807, 2.05) is 35.8 Å². The zero-order chi connectivity index (χ0) is 13.3. The molecule has 0 unspecified atom stereocenters. The fourth-order valence-corrected chi connectivity index (χ4v) is 2.26. The van der Waals surface area contributed by atoms with Crippen molar-refractivity contribution in [2.75, 3.05) is 13.2 Å². The molecule has 2 aromatic rings. The van der Waals surface area contributed by atoms with Crippen molar-refractivity contribution in [1.82, 2.24) is 10.3 Å². The van der Waals surface area contributed by atoms with Crippen LogP contribution in [0.4, 0.5) is 0 Å². The van der Waals surface area contributed by atoms with E-state index in [0.29, 0.717) is 0 Å². The molecule has 0 aliphatic rings. The number of thiazole rings is 1. The van der Waals surface area contributed by atoms with Gasteiger partial charge in [0.25, 0.3) is 0 Å². The number of nitriles is 1. The van der Waals surface area contributed by atoms with Crippen LogP contribution in [0.2, 0.25) is 0 Å². The summed E-state index contributed by atoms with van der Waals surface area (Å²) in [4.78, 5) is 4.24. The Hall–Kier alpha value is -1.90. The van der Waals surface area contributed by atoms with Crippen LogP contribution in [0.15, 0.2) is 35.2 Å². The van der Waals surface area contributed by atoms with E-state index >= 15 is 0 Å². The molecule has 0 amide bonds. The number of ether oxygens (including phenoxy) is 1. The van der Waals surface area contributed by atoms with E-state index in [-0.39, 0.29) is 6.61 Å². The van der Waals surface area contributed by atoms with E-state index in [1.165, 1.54) is 0 Å². The second-order valence-corrected chi connectivity index (χ2v) is 4.72. The van der Waals surface area contributed by atoms with Gasteiger partial charge in [0.1, 0.15) is 11.8 Å². The van der Waals surface area contributed by atoms with Crippen LogP contribution in [0.1, 0.15) is 11.3 Å². The third-order valence-electron chi connectivity index (χ3n) is 2.57. The maximum atomic E-state index is 8.47. The van der Waals surface area contributed by atoms with Crippen LogP contribution in [0.3, 0.4) is 0 Å². The third kappa shape index (κ3) is 4.70. The number of rotatable bonds is 7. The quantitative estimate of drug-likeness (QED) is 0.787.